The van der Waals surface area contributed by atoms with Crippen molar-refractivity contribution < 1.29 is 14.4 Å². The lowest BCUT2D eigenvalue weighted by molar-refractivity contribution is -0.116. The van der Waals surface area contributed by atoms with Crippen LogP contribution in [0, 0.1) is 0 Å². The summed E-state index contributed by atoms with van der Waals surface area (Å²) < 4.78 is 0. The van der Waals surface area contributed by atoms with Crippen molar-refractivity contribution in [2.75, 3.05) is 29.0 Å². The molecular formula is C20H24N4O3. The SMILES string of the molecule is CCNC(=O)c1ccc(NCC(=O)Nc2cccc(NC(=O)CC)c2)cc1. The zero-order chi connectivity index (χ0) is 19.6. The second-order valence-corrected chi connectivity index (χ2v) is 5.82. The van der Waals surface area contributed by atoms with E-state index in [4.69, 9.17) is 0 Å². The van der Waals surface area contributed by atoms with Crippen LogP contribution in [-0.2, 0) is 9.59 Å². The maximum Gasteiger partial charge on any atom is 0.251 e. The van der Waals surface area contributed by atoms with Crippen LogP contribution < -0.4 is 21.3 Å². The molecule has 0 spiro atoms. The second kappa shape index (κ2) is 9.96. The largest absolute Gasteiger partial charge is 0.376 e. The Morgan fingerprint density at radius 2 is 1.44 bits per heavy atom. The Morgan fingerprint density at radius 3 is 2.04 bits per heavy atom. The summed E-state index contributed by atoms with van der Waals surface area (Å²) >= 11 is 0. The molecule has 7 heteroatoms. The molecule has 0 unspecified atom stereocenters. The van der Waals surface area contributed by atoms with E-state index in [2.05, 4.69) is 21.3 Å². The van der Waals surface area contributed by atoms with Gasteiger partial charge in [0.2, 0.25) is 11.8 Å². The summed E-state index contributed by atoms with van der Waals surface area (Å²) in [7, 11) is 0. The monoisotopic (exact) mass is 368 g/mol. The third-order valence-corrected chi connectivity index (χ3v) is 3.69. The van der Waals surface area contributed by atoms with Crippen molar-refractivity contribution in [2.24, 2.45) is 0 Å². The maximum absolute atomic E-state index is 12.1. The highest BCUT2D eigenvalue weighted by molar-refractivity contribution is 5.96. The lowest BCUT2D eigenvalue weighted by Gasteiger charge is -2.10. The van der Waals surface area contributed by atoms with Gasteiger partial charge in [0.25, 0.3) is 5.91 Å². The van der Waals surface area contributed by atoms with Crippen molar-refractivity contribution in [2.45, 2.75) is 20.3 Å². The molecule has 2 aromatic rings. The number of benzene rings is 2. The van der Waals surface area contributed by atoms with Crippen LogP contribution in [0.25, 0.3) is 0 Å². The standard InChI is InChI=1S/C20H24N4O3/c1-3-18(25)23-16-6-5-7-17(12-16)24-19(26)13-22-15-10-8-14(9-11-15)20(27)21-4-2/h5-12,22H,3-4,13H2,1-2H3,(H,21,27)(H,23,25)(H,24,26). The van der Waals surface area contributed by atoms with E-state index in [-0.39, 0.29) is 24.3 Å². The molecule has 7 nitrogen and oxygen atoms in total. The van der Waals surface area contributed by atoms with E-state index in [1.165, 1.54) is 0 Å². The van der Waals surface area contributed by atoms with Gasteiger partial charge in [0.15, 0.2) is 0 Å². The Balaban J connectivity index is 1.86. The van der Waals surface area contributed by atoms with Crippen LogP contribution in [0.15, 0.2) is 48.5 Å². The van der Waals surface area contributed by atoms with E-state index in [0.717, 1.165) is 5.69 Å². The molecule has 142 valence electrons. The van der Waals surface area contributed by atoms with Crippen molar-refractivity contribution in [3.63, 3.8) is 0 Å². The van der Waals surface area contributed by atoms with Crippen molar-refractivity contribution in [1.82, 2.24) is 5.32 Å². The van der Waals surface area contributed by atoms with E-state index in [0.29, 0.717) is 29.9 Å². The molecule has 0 saturated heterocycles. The first-order chi connectivity index (χ1) is 13.0. The number of carbonyl (C=O) groups is 3. The molecule has 4 N–H and O–H groups in total. The first-order valence-corrected chi connectivity index (χ1v) is 8.83. The summed E-state index contributed by atoms with van der Waals surface area (Å²) in [5.41, 5.74) is 2.54. The number of amides is 3. The zero-order valence-corrected chi connectivity index (χ0v) is 15.5. The molecular weight excluding hydrogens is 344 g/mol. The van der Waals surface area contributed by atoms with Crippen LogP contribution in [0.2, 0.25) is 0 Å². The fourth-order valence-corrected chi connectivity index (χ4v) is 2.31. The van der Waals surface area contributed by atoms with Gasteiger partial charge in [-0.05, 0) is 49.4 Å². The van der Waals surface area contributed by atoms with Crippen LogP contribution >= 0.6 is 0 Å². The van der Waals surface area contributed by atoms with Gasteiger partial charge >= 0.3 is 0 Å². The van der Waals surface area contributed by atoms with Gasteiger partial charge in [-0.15, -0.1) is 0 Å². The molecule has 2 aromatic carbocycles. The Kier molecular flexibility index (Phi) is 7.37. The van der Waals surface area contributed by atoms with Crippen LogP contribution in [-0.4, -0.2) is 30.8 Å². The molecule has 0 aliphatic carbocycles. The minimum atomic E-state index is -0.221. The number of rotatable bonds is 8. The number of hydrogen-bond donors (Lipinski definition) is 4. The Hall–Kier alpha value is -3.35. The number of anilines is 3. The maximum atomic E-state index is 12.1. The van der Waals surface area contributed by atoms with Crippen LogP contribution in [0.5, 0.6) is 0 Å². The lowest BCUT2D eigenvalue weighted by Crippen LogP contribution is -2.23. The summed E-state index contributed by atoms with van der Waals surface area (Å²) in [4.78, 5) is 35.3. The highest BCUT2D eigenvalue weighted by Gasteiger charge is 2.06. The molecule has 0 fully saturated rings. The molecule has 3 amide bonds. The van der Waals surface area contributed by atoms with E-state index < -0.39 is 0 Å². The highest BCUT2D eigenvalue weighted by atomic mass is 16.2. The predicted octanol–water partition coefficient (Wildman–Crippen LogP) is 2.84. The first kappa shape index (κ1) is 20.0. The number of hydrogen-bond acceptors (Lipinski definition) is 4. The summed E-state index contributed by atoms with van der Waals surface area (Å²) in [6.07, 6.45) is 0.388. The minimum absolute atomic E-state index is 0.0754. The smallest absolute Gasteiger partial charge is 0.251 e. The lowest BCUT2D eigenvalue weighted by atomic mass is 10.2. The van der Waals surface area contributed by atoms with E-state index in [1.54, 1.807) is 55.5 Å². The molecule has 0 radical (unpaired) electrons. The Morgan fingerprint density at radius 1 is 0.815 bits per heavy atom. The van der Waals surface area contributed by atoms with Gasteiger partial charge in [0.05, 0.1) is 6.54 Å². The molecule has 0 aliphatic heterocycles. The first-order valence-electron chi connectivity index (χ1n) is 8.83. The van der Waals surface area contributed by atoms with Crippen LogP contribution in [0.3, 0.4) is 0 Å². The minimum Gasteiger partial charge on any atom is -0.376 e. The number of nitrogens with one attached hydrogen (secondary N) is 4. The third-order valence-electron chi connectivity index (χ3n) is 3.69. The predicted molar refractivity (Wildman–Crippen MR) is 107 cm³/mol. The van der Waals surface area contributed by atoms with Crippen molar-refractivity contribution >= 4 is 34.8 Å². The van der Waals surface area contributed by atoms with E-state index in [9.17, 15) is 14.4 Å². The van der Waals surface area contributed by atoms with Crippen LogP contribution in [0.1, 0.15) is 30.6 Å². The zero-order valence-electron chi connectivity index (χ0n) is 15.5. The quantitative estimate of drug-likeness (QED) is 0.576. The number of carbonyl (C=O) groups excluding carboxylic acids is 3. The van der Waals surface area contributed by atoms with Crippen molar-refractivity contribution in [3.05, 3.63) is 54.1 Å². The molecule has 2 rings (SSSR count). The van der Waals surface area contributed by atoms with E-state index in [1.807, 2.05) is 6.92 Å². The summed E-state index contributed by atoms with van der Waals surface area (Å²) in [5.74, 6) is -0.435. The van der Waals surface area contributed by atoms with Gasteiger partial charge < -0.3 is 21.3 Å². The average molecular weight is 368 g/mol. The molecule has 0 aromatic heterocycles. The molecule has 0 heterocycles. The molecule has 0 bridgehead atoms. The van der Waals surface area contributed by atoms with Gasteiger partial charge in [0, 0.05) is 35.6 Å². The van der Waals surface area contributed by atoms with Crippen LogP contribution in [0.4, 0.5) is 17.1 Å². The summed E-state index contributed by atoms with van der Waals surface area (Å²) in [5, 5.41) is 11.3. The van der Waals surface area contributed by atoms with E-state index >= 15 is 0 Å². The molecule has 0 atom stereocenters. The highest BCUT2D eigenvalue weighted by Crippen LogP contribution is 2.15. The molecule has 0 aliphatic rings. The summed E-state index contributed by atoms with van der Waals surface area (Å²) in [6.45, 7) is 4.28. The van der Waals surface area contributed by atoms with Gasteiger partial charge in [-0.25, -0.2) is 0 Å². The third kappa shape index (κ3) is 6.47. The summed E-state index contributed by atoms with van der Waals surface area (Å²) in [6, 6.07) is 13.9. The van der Waals surface area contributed by atoms with Gasteiger partial charge in [0.1, 0.15) is 0 Å². The van der Waals surface area contributed by atoms with Crippen molar-refractivity contribution in [3.8, 4) is 0 Å². The molecule has 0 saturated carbocycles. The van der Waals surface area contributed by atoms with Gasteiger partial charge in [-0.3, -0.25) is 14.4 Å². The molecule has 27 heavy (non-hydrogen) atoms. The fraction of sp³-hybridized carbons (Fsp3) is 0.250. The van der Waals surface area contributed by atoms with Gasteiger partial charge in [-0.2, -0.15) is 0 Å². The Bertz CT molecular complexity index is 803. The van der Waals surface area contributed by atoms with Gasteiger partial charge in [-0.1, -0.05) is 13.0 Å². The fourth-order valence-electron chi connectivity index (χ4n) is 2.31. The second-order valence-electron chi connectivity index (χ2n) is 5.82. The normalized spacial score (nSPS) is 10.0. The topological polar surface area (TPSA) is 99.3 Å². The van der Waals surface area contributed by atoms with Crippen molar-refractivity contribution in [1.29, 1.82) is 0 Å². The average Bonchev–Trinajstić information content (AvgIpc) is 2.67. The Labute approximate surface area is 158 Å².